The van der Waals surface area contributed by atoms with Gasteiger partial charge in [-0.25, -0.2) is 4.98 Å². The number of aliphatic hydroxyl groups is 3. The first-order chi connectivity index (χ1) is 9.34. The van der Waals surface area contributed by atoms with Crippen LogP contribution in [0, 0.1) is 0 Å². The molecule has 2 aromatic heterocycles. The maximum absolute atomic E-state index is 11.7. The number of nitrogens with zero attached hydrogens (tertiary/aromatic N) is 3. The number of nitrogens with two attached hydrogens (primary N) is 1. The molecular weight excluding hydrogens is 270 g/mol. The Kier molecular flexibility index (Phi) is 2.59. The topological polar surface area (TPSA) is 160 Å². The highest BCUT2D eigenvalue weighted by molar-refractivity contribution is 5.70. The summed E-state index contributed by atoms with van der Waals surface area (Å²) in [7, 11) is 0. The van der Waals surface area contributed by atoms with Crippen LogP contribution in [-0.4, -0.2) is 53.2 Å². The second kappa shape index (κ2) is 3.99. The largest absolute Gasteiger partial charge is 0.387 e. The molecule has 0 spiro atoms. The van der Waals surface area contributed by atoms with Crippen LogP contribution in [-0.2, 0) is 10.6 Å². The van der Waals surface area contributed by atoms with Gasteiger partial charge in [0.2, 0.25) is 5.95 Å². The molecule has 1 fully saturated rings. The van der Waals surface area contributed by atoms with E-state index in [1.54, 1.807) is 0 Å². The first-order valence-corrected chi connectivity index (χ1v) is 5.84. The minimum atomic E-state index is -2.28. The van der Waals surface area contributed by atoms with E-state index in [0.717, 1.165) is 10.9 Å². The molecule has 4 atom stereocenters. The predicted octanol–water partition coefficient (Wildman–Crippen LogP) is -2.56. The number of H-pyrrole nitrogens is 1. The number of ether oxygens (including phenoxy) is 1. The Labute approximate surface area is 111 Å². The van der Waals surface area contributed by atoms with Gasteiger partial charge in [0.1, 0.15) is 12.4 Å². The first-order valence-electron chi connectivity index (χ1n) is 5.84. The molecule has 0 bridgehead atoms. The summed E-state index contributed by atoms with van der Waals surface area (Å²) >= 11 is 0. The van der Waals surface area contributed by atoms with Crippen LogP contribution >= 0.6 is 0 Å². The van der Waals surface area contributed by atoms with Crippen LogP contribution in [0.2, 0.25) is 0 Å². The van der Waals surface area contributed by atoms with Crippen LogP contribution in [0.1, 0.15) is 6.92 Å². The quantitative estimate of drug-likeness (QED) is 0.382. The van der Waals surface area contributed by atoms with Crippen LogP contribution in [0.25, 0.3) is 11.2 Å². The summed E-state index contributed by atoms with van der Waals surface area (Å²) in [5, 5.41) is 30.1. The maximum atomic E-state index is 11.7. The van der Waals surface area contributed by atoms with E-state index in [1.165, 1.54) is 6.92 Å². The van der Waals surface area contributed by atoms with E-state index in [0.29, 0.717) is 0 Å². The minimum absolute atomic E-state index is 0.0610. The molecule has 0 aliphatic carbocycles. The first kappa shape index (κ1) is 13.0. The highest BCUT2D eigenvalue weighted by Crippen LogP contribution is 2.34. The summed E-state index contributed by atoms with van der Waals surface area (Å²) in [6.07, 6.45) is -2.65. The van der Waals surface area contributed by atoms with E-state index < -0.39 is 29.8 Å². The molecule has 1 saturated heterocycles. The molecule has 0 unspecified atom stereocenters. The summed E-state index contributed by atoms with van der Waals surface area (Å²) in [5.74, 6) is -2.45. The zero-order valence-electron chi connectivity index (χ0n) is 10.4. The van der Waals surface area contributed by atoms with Crippen molar-refractivity contribution >= 4 is 17.1 Å². The molecule has 2 aromatic rings. The van der Waals surface area contributed by atoms with Crippen molar-refractivity contribution in [1.82, 2.24) is 19.5 Å². The van der Waals surface area contributed by atoms with Crippen LogP contribution in [0.5, 0.6) is 0 Å². The van der Waals surface area contributed by atoms with Crippen molar-refractivity contribution in [3.8, 4) is 0 Å². The molecule has 0 saturated carbocycles. The lowest BCUT2D eigenvalue weighted by Gasteiger charge is -2.27. The number of aromatic amines is 1. The number of hydrogen-bond acceptors (Lipinski definition) is 8. The summed E-state index contributed by atoms with van der Waals surface area (Å²) in [4.78, 5) is 21.6. The molecule has 10 nitrogen and oxygen atoms in total. The monoisotopic (exact) mass is 283 g/mol. The number of imidazole rings is 1. The van der Waals surface area contributed by atoms with E-state index in [4.69, 9.17) is 10.5 Å². The number of aromatic nitrogens is 4. The lowest BCUT2D eigenvalue weighted by molar-refractivity contribution is -0.283. The fourth-order valence-corrected chi connectivity index (χ4v) is 2.25. The van der Waals surface area contributed by atoms with E-state index >= 15 is 0 Å². The Balaban J connectivity index is 2.23. The molecule has 10 heteroatoms. The lowest BCUT2D eigenvalue weighted by atomic mass is 10.1. The van der Waals surface area contributed by atoms with Crippen LogP contribution < -0.4 is 11.3 Å². The Morgan fingerprint density at radius 2 is 2.25 bits per heavy atom. The van der Waals surface area contributed by atoms with E-state index in [1.807, 2.05) is 0 Å². The molecular formula is C10H13N5O5. The summed E-state index contributed by atoms with van der Waals surface area (Å²) in [6.45, 7) is 1.49. The van der Waals surface area contributed by atoms with Crippen LogP contribution in [0.15, 0.2) is 11.1 Å². The number of nitrogens with one attached hydrogen (secondary N) is 1. The molecule has 1 aliphatic rings. The summed E-state index contributed by atoms with van der Waals surface area (Å²) in [5.41, 5.74) is 4.72. The van der Waals surface area contributed by atoms with Gasteiger partial charge in [0.25, 0.3) is 11.5 Å². The van der Waals surface area contributed by atoms with E-state index in [2.05, 4.69) is 15.0 Å². The van der Waals surface area contributed by atoms with Crippen molar-refractivity contribution in [2.75, 3.05) is 5.73 Å². The van der Waals surface area contributed by atoms with Crippen molar-refractivity contribution in [2.45, 2.75) is 31.1 Å². The fourth-order valence-electron chi connectivity index (χ4n) is 2.25. The molecule has 3 heterocycles. The van der Waals surface area contributed by atoms with Gasteiger partial charge in [-0.15, -0.1) is 0 Å². The molecule has 0 amide bonds. The molecule has 0 aromatic carbocycles. The van der Waals surface area contributed by atoms with Gasteiger partial charge in [0, 0.05) is 0 Å². The SMILES string of the molecule is C[C@H]1O[C@@](O)(n2cnc3c(=O)[nH]c(N)nc32)[C@H](O)[C@@H]1O. The third-order valence-electron chi connectivity index (χ3n) is 3.32. The van der Waals surface area contributed by atoms with E-state index in [9.17, 15) is 20.1 Å². The molecule has 108 valence electrons. The van der Waals surface area contributed by atoms with Gasteiger partial charge in [-0.3, -0.25) is 14.3 Å². The zero-order chi connectivity index (χ0) is 14.7. The van der Waals surface area contributed by atoms with Gasteiger partial charge < -0.3 is 25.8 Å². The van der Waals surface area contributed by atoms with Crippen LogP contribution in [0.4, 0.5) is 5.95 Å². The van der Waals surface area contributed by atoms with Gasteiger partial charge in [0.05, 0.1) is 6.10 Å². The standard InChI is InChI=1S/C10H13N5O5/c1-3-5(16)6(17)10(19,20-3)15-2-12-4-7(15)13-9(11)14-8(4)18/h2-3,5-6,16-17,19H,1H3,(H3,11,13,14,18)/t3-,5-,6-,10-/m1/s1. The Morgan fingerprint density at radius 3 is 2.85 bits per heavy atom. The number of fused-ring (bicyclic) bond motifs is 1. The minimum Gasteiger partial charge on any atom is -0.387 e. The Morgan fingerprint density at radius 1 is 1.55 bits per heavy atom. The third kappa shape index (κ3) is 1.56. The zero-order valence-corrected chi connectivity index (χ0v) is 10.4. The molecule has 6 N–H and O–H groups in total. The average Bonchev–Trinajstić information content (AvgIpc) is 2.87. The van der Waals surface area contributed by atoms with Gasteiger partial charge >= 0.3 is 0 Å². The van der Waals surface area contributed by atoms with Crippen molar-refractivity contribution in [2.24, 2.45) is 0 Å². The van der Waals surface area contributed by atoms with Crippen LogP contribution in [0.3, 0.4) is 0 Å². The van der Waals surface area contributed by atoms with Crippen molar-refractivity contribution < 1.29 is 20.1 Å². The number of nitrogen functional groups attached to an aromatic ring is 1. The smallest absolute Gasteiger partial charge is 0.286 e. The van der Waals surface area contributed by atoms with Crippen molar-refractivity contribution in [1.29, 1.82) is 0 Å². The predicted molar refractivity (Wildman–Crippen MR) is 65.3 cm³/mol. The van der Waals surface area contributed by atoms with Gasteiger partial charge in [-0.1, -0.05) is 0 Å². The number of rotatable bonds is 1. The number of anilines is 1. The fraction of sp³-hybridized carbons (Fsp3) is 0.500. The normalized spacial score (nSPS) is 33.9. The number of aliphatic hydroxyl groups excluding tert-OH is 2. The van der Waals surface area contributed by atoms with Crippen molar-refractivity contribution in [3.63, 3.8) is 0 Å². The highest BCUT2D eigenvalue weighted by atomic mass is 16.7. The Hall–Kier alpha value is -2.01. The second-order valence-electron chi connectivity index (χ2n) is 4.65. The Bertz CT molecular complexity index is 726. The number of hydrogen-bond donors (Lipinski definition) is 5. The molecule has 20 heavy (non-hydrogen) atoms. The van der Waals surface area contributed by atoms with Gasteiger partial charge in [0.15, 0.2) is 17.3 Å². The third-order valence-corrected chi connectivity index (χ3v) is 3.32. The second-order valence-corrected chi connectivity index (χ2v) is 4.65. The van der Waals surface area contributed by atoms with Gasteiger partial charge in [-0.05, 0) is 6.92 Å². The lowest BCUT2D eigenvalue weighted by Crippen LogP contribution is -2.45. The molecule has 3 rings (SSSR count). The van der Waals surface area contributed by atoms with E-state index in [-0.39, 0.29) is 17.1 Å². The summed E-state index contributed by atoms with van der Waals surface area (Å²) < 4.78 is 6.15. The average molecular weight is 283 g/mol. The molecule has 1 aliphatic heterocycles. The maximum Gasteiger partial charge on any atom is 0.286 e. The highest BCUT2D eigenvalue weighted by Gasteiger charge is 2.54. The molecule has 0 radical (unpaired) electrons. The summed E-state index contributed by atoms with van der Waals surface area (Å²) in [6, 6.07) is 0. The van der Waals surface area contributed by atoms with Gasteiger partial charge in [-0.2, -0.15) is 4.98 Å². The van der Waals surface area contributed by atoms with Crippen molar-refractivity contribution in [3.05, 3.63) is 16.7 Å².